The van der Waals surface area contributed by atoms with Gasteiger partial charge in [0.05, 0.1) is 6.61 Å². The van der Waals surface area contributed by atoms with E-state index in [0.717, 1.165) is 30.9 Å². The Morgan fingerprint density at radius 1 is 1.09 bits per heavy atom. The van der Waals surface area contributed by atoms with Crippen LogP contribution in [0, 0.1) is 5.92 Å². The number of nitrogens with zero attached hydrogens (tertiary/aromatic N) is 1. The number of benzene rings is 2. The van der Waals surface area contributed by atoms with Gasteiger partial charge in [-0.05, 0) is 18.2 Å². The van der Waals surface area contributed by atoms with Gasteiger partial charge in [0.15, 0.2) is 0 Å². The highest BCUT2D eigenvalue weighted by Gasteiger charge is 2.29. The van der Waals surface area contributed by atoms with Crippen molar-refractivity contribution in [2.24, 2.45) is 11.7 Å². The van der Waals surface area contributed by atoms with Crippen LogP contribution in [0.15, 0.2) is 54.6 Å². The maximum absolute atomic E-state index is 6.48. The van der Waals surface area contributed by atoms with Crippen LogP contribution in [0.2, 0.25) is 0 Å². The molecule has 0 radical (unpaired) electrons. The van der Waals surface area contributed by atoms with E-state index in [1.165, 1.54) is 5.56 Å². The monoisotopic (exact) mass is 296 g/mol. The number of ether oxygens (including phenoxy) is 1. The number of nitrogens with two attached hydrogens (primary N) is 1. The number of para-hydroxylation sites is 1. The van der Waals surface area contributed by atoms with Gasteiger partial charge in [-0.2, -0.15) is 0 Å². The summed E-state index contributed by atoms with van der Waals surface area (Å²) in [4.78, 5) is 2.44. The summed E-state index contributed by atoms with van der Waals surface area (Å²) < 4.78 is 5.90. The van der Waals surface area contributed by atoms with Crippen LogP contribution in [0.25, 0.3) is 0 Å². The van der Waals surface area contributed by atoms with Gasteiger partial charge >= 0.3 is 0 Å². The first-order valence-electron chi connectivity index (χ1n) is 8.01. The molecule has 0 fully saturated rings. The van der Waals surface area contributed by atoms with Gasteiger partial charge in [-0.1, -0.05) is 55.5 Å². The summed E-state index contributed by atoms with van der Waals surface area (Å²) in [5.41, 5.74) is 8.96. The minimum Gasteiger partial charge on any atom is -0.493 e. The minimum atomic E-state index is 0.0507. The molecule has 0 amide bonds. The maximum Gasteiger partial charge on any atom is 0.124 e. The Hall–Kier alpha value is -1.84. The molecule has 2 unspecified atom stereocenters. The van der Waals surface area contributed by atoms with Crippen molar-refractivity contribution in [1.29, 1.82) is 0 Å². The average molecular weight is 296 g/mol. The first-order valence-corrected chi connectivity index (χ1v) is 8.01. The van der Waals surface area contributed by atoms with Gasteiger partial charge in [0, 0.05) is 30.6 Å². The smallest absolute Gasteiger partial charge is 0.124 e. The number of hydrogen-bond acceptors (Lipinski definition) is 3. The summed E-state index contributed by atoms with van der Waals surface area (Å²) in [5.74, 6) is 1.27. The normalized spacial score (nSPS) is 20.5. The van der Waals surface area contributed by atoms with Crippen molar-refractivity contribution in [2.75, 3.05) is 19.7 Å². The summed E-state index contributed by atoms with van der Waals surface area (Å²) >= 11 is 0. The maximum atomic E-state index is 6.48. The highest BCUT2D eigenvalue weighted by atomic mass is 16.5. The predicted octanol–water partition coefficient (Wildman–Crippen LogP) is 3.22. The van der Waals surface area contributed by atoms with Crippen molar-refractivity contribution in [3.05, 3.63) is 65.7 Å². The molecule has 1 aliphatic rings. The van der Waals surface area contributed by atoms with Crippen molar-refractivity contribution < 1.29 is 4.74 Å². The molecule has 2 aromatic carbocycles. The van der Waals surface area contributed by atoms with Crippen molar-refractivity contribution in [2.45, 2.75) is 19.5 Å². The van der Waals surface area contributed by atoms with Crippen LogP contribution in [0.5, 0.6) is 5.75 Å². The lowest BCUT2D eigenvalue weighted by Gasteiger charge is -2.34. The van der Waals surface area contributed by atoms with Gasteiger partial charge < -0.3 is 10.5 Å². The fourth-order valence-electron chi connectivity index (χ4n) is 3.09. The SMILES string of the molecule is CCN(Cc1ccccc1)CC1COc2ccccc2C1N. The predicted molar refractivity (Wildman–Crippen MR) is 89.7 cm³/mol. The van der Waals surface area contributed by atoms with E-state index in [9.17, 15) is 0 Å². The Balaban J connectivity index is 1.67. The molecule has 0 bridgehead atoms. The molecule has 0 saturated carbocycles. The second-order valence-corrected chi connectivity index (χ2v) is 5.95. The van der Waals surface area contributed by atoms with Crippen LogP contribution in [0.1, 0.15) is 24.1 Å². The van der Waals surface area contributed by atoms with Crippen LogP contribution in [-0.2, 0) is 6.54 Å². The zero-order chi connectivity index (χ0) is 15.4. The Labute approximate surface area is 132 Å². The zero-order valence-corrected chi connectivity index (χ0v) is 13.1. The van der Waals surface area contributed by atoms with Crippen LogP contribution in [0.3, 0.4) is 0 Å². The van der Waals surface area contributed by atoms with Crippen molar-refractivity contribution in [3.63, 3.8) is 0 Å². The highest BCUT2D eigenvalue weighted by molar-refractivity contribution is 5.37. The molecule has 0 saturated heterocycles. The lowest BCUT2D eigenvalue weighted by atomic mass is 9.91. The third kappa shape index (κ3) is 3.32. The third-order valence-corrected chi connectivity index (χ3v) is 4.43. The zero-order valence-electron chi connectivity index (χ0n) is 13.1. The van der Waals surface area contributed by atoms with E-state index in [-0.39, 0.29) is 6.04 Å². The van der Waals surface area contributed by atoms with Gasteiger partial charge in [-0.25, -0.2) is 0 Å². The molecule has 0 aliphatic carbocycles. The summed E-state index contributed by atoms with van der Waals surface area (Å²) in [6.45, 7) is 5.83. The molecule has 2 atom stereocenters. The van der Waals surface area contributed by atoms with E-state index in [1.54, 1.807) is 0 Å². The second kappa shape index (κ2) is 6.95. The quantitative estimate of drug-likeness (QED) is 0.920. The van der Waals surface area contributed by atoms with E-state index in [0.29, 0.717) is 12.5 Å². The summed E-state index contributed by atoms with van der Waals surface area (Å²) in [6, 6.07) is 18.8. The lowest BCUT2D eigenvalue weighted by molar-refractivity contribution is 0.138. The Morgan fingerprint density at radius 2 is 1.82 bits per heavy atom. The molecule has 0 spiro atoms. The van der Waals surface area contributed by atoms with Crippen molar-refractivity contribution in [3.8, 4) is 5.75 Å². The third-order valence-electron chi connectivity index (χ3n) is 4.43. The van der Waals surface area contributed by atoms with E-state index in [2.05, 4.69) is 48.2 Å². The highest BCUT2D eigenvalue weighted by Crippen LogP contribution is 2.34. The first-order chi connectivity index (χ1) is 10.8. The van der Waals surface area contributed by atoms with Crippen molar-refractivity contribution >= 4 is 0 Å². The van der Waals surface area contributed by atoms with Crippen LogP contribution in [-0.4, -0.2) is 24.6 Å². The van der Waals surface area contributed by atoms with Gasteiger partial charge in [-0.15, -0.1) is 0 Å². The van der Waals surface area contributed by atoms with Crippen LogP contribution < -0.4 is 10.5 Å². The number of fused-ring (bicyclic) bond motifs is 1. The molecule has 116 valence electrons. The van der Waals surface area contributed by atoms with E-state index in [1.807, 2.05) is 18.2 Å². The number of rotatable bonds is 5. The fraction of sp³-hybridized carbons (Fsp3) is 0.368. The molecule has 3 nitrogen and oxygen atoms in total. The first kappa shape index (κ1) is 15.1. The molecule has 2 aromatic rings. The number of hydrogen-bond donors (Lipinski definition) is 1. The molecule has 2 N–H and O–H groups in total. The molecule has 0 aromatic heterocycles. The Morgan fingerprint density at radius 3 is 2.59 bits per heavy atom. The minimum absolute atomic E-state index is 0.0507. The van der Waals surface area contributed by atoms with E-state index in [4.69, 9.17) is 10.5 Å². The van der Waals surface area contributed by atoms with Crippen LogP contribution in [0.4, 0.5) is 0 Å². The van der Waals surface area contributed by atoms with Gasteiger partial charge in [0.2, 0.25) is 0 Å². The van der Waals surface area contributed by atoms with E-state index >= 15 is 0 Å². The Bertz CT molecular complexity index is 599. The summed E-state index contributed by atoms with van der Waals surface area (Å²) in [5, 5.41) is 0. The lowest BCUT2D eigenvalue weighted by Crippen LogP contribution is -2.40. The molecule has 22 heavy (non-hydrogen) atoms. The molecule has 1 aliphatic heterocycles. The van der Waals surface area contributed by atoms with E-state index < -0.39 is 0 Å². The molecular formula is C19H24N2O. The molecule has 1 heterocycles. The molecule has 3 heteroatoms. The Kier molecular flexibility index (Phi) is 4.76. The molecular weight excluding hydrogens is 272 g/mol. The second-order valence-electron chi connectivity index (χ2n) is 5.95. The van der Waals surface area contributed by atoms with Gasteiger partial charge in [-0.3, -0.25) is 4.90 Å². The van der Waals surface area contributed by atoms with Crippen LogP contribution >= 0.6 is 0 Å². The standard InChI is InChI=1S/C19H24N2O/c1-2-21(12-15-8-4-3-5-9-15)13-16-14-22-18-11-7-6-10-17(18)19(16)20/h3-11,16,19H,2,12-14,20H2,1H3. The fourth-order valence-corrected chi connectivity index (χ4v) is 3.09. The van der Waals surface area contributed by atoms with Crippen molar-refractivity contribution in [1.82, 2.24) is 4.90 Å². The average Bonchev–Trinajstić information content (AvgIpc) is 2.58. The summed E-state index contributed by atoms with van der Waals surface area (Å²) in [7, 11) is 0. The van der Waals surface area contributed by atoms with Gasteiger partial charge in [0.1, 0.15) is 5.75 Å². The molecule has 3 rings (SSSR count). The van der Waals surface area contributed by atoms with Gasteiger partial charge in [0.25, 0.3) is 0 Å². The summed E-state index contributed by atoms with van der Waals surface area (Å²) in [6.07, 6.45) is 0. The largest absolute Gasteiger partial charge is 0.493 e. The topological polar surface area (TPSA) is 38.5 Å².